The molecule has 0 spiro atoms. The second kappa shape index (κ2) is 7.40. The van der Waals surface area contributed by atoms with E-state index in [-0.39, 0.29) is 0 Å². The van der Waals surface area contributed by atoms with Gasteiger partial charge in [-0.2, -0.15) is 0 Å². The quantitative estimate of drug-likeness (QED) is 0.843. The van der Waals surface area contributed by atoms with Gasteiger partial charge in [0.25, 0.3) is 0 Å². The zero-order valence-corrected chi connectivity index (χ0v) is 11.9. The molecule has 0 radical (unpaired) electrons. The van der Waals surface area contributed by atoms with Crippen molar-refractivity contribution in [2.24, 2.45) is 5.92 Å². The van der Waals surface area contributed by atoms with Crippen LogP contribution in [-0.2, 0) is 11.3 Å². The number of aromatic nitrogens is 2. The second-order valence-electron chi connectivity index (χ2n) is 5.06. The summed E-state index contributed by atoms with van der Waals surface area (Å²) >= 11 is 0. The predicted octanol–water partition coefficient (Wildman–Crippen LogP) is 1.45. The van der Waals surface area contributed by atoms with Gasteiger partial charge in [-0.1, -0.05) is 6.92 Å². The minimum Gasteiger partial charge on any atom is -0.384 e. The molecule has 2 rings (SSSR count). The van der Waals surface area contributed by atoms with Gasteiger partial charge in [-0.15, -0.1) is 0 Å². The molecular formula is C14H24N4O. The molecule has 1 unspecified atom stereocenters. The summed E-state index contributed by atoms with van der Waals surface area (Å²) in [5.41, 5.74) is 1.01. The zero-order chi connectivity index (χ0) is 13.5. The molecule has 5 heteroatoms. The molecule has 1 aromatic heterocycles. The summed E-state index contributed by atoms with van der Waals surface area (Å²) in [6.07, 6.45) is 6.15. The van der Waals surface area contributed by atoms with Gasteiger partial charge in [0.05, 0.1) is 18.5 Å². The lowest BCUT2D eigenvalue weighted by molar-refractivity contribution is 0.143. The summed E-state index contributed by atoms with van der Waals surface area (Å²) < 4.78 is 5.27. The van der Waals surface area contributed by atoms with Gasteiger partial charge in [0.2, 0.25) is 0 Å². The van der Waals surface area contributed by atoms with Crippen LogP contribution in [0.4, 0.5) is 5.82 Å². The second-order valence-corrected chi connectivity index (χ2v) is 5.06. The summed E-state index contributed by atoms with van der Waals surface area (Å²) in [7, 11) is 1.77. The van der Waals surface area contributed by atoms with Gasteiger partial charge in [-0.25, -0.2) is 4.98 Å². The van der Waals surface area contributed by atoms with Gasteiger partial charge in [-0.05, 0) is 25.3 Å². The van der Waals surface area contributed by atoms with Crippen molar-refractivity contribution in [1.82, 2.24) is 15.3 Å². The smallest absolute Gasteiger partial charge is 0.147 e. The van der Waals surface area contributed by atoms with Crippen molar-refractivity contribution in [2.45, 2.75) is 26.3 Å². The Labute approximate surface area is 115 Å². The molecule has 106 valence electrons. The Morgan fingerprint density at radius 3 is 3.16 bits per heavy atom. The number of nitrogens with zero attached hydrogens (tertiary/aromatic N) is 3. The average molecular weight is 264 g/mol. The molecule has 5 nitrogen and oxygen atoms in total. The molecule has 1 aliphatic heterocycles. The maximum atomic E-state index is 5.27. The maximum absolute atomic E-state index is 5.27. The number of piperidine rings is 1. The van der Waals surface area contributed by atoms with E-state index in [1.807, 2.05) is 12.4 Å². The number of ether oxygens (including phenoxy) is 1. The van der Waals surface area contributed by atoms with Gasteiger partial charge in [0.1, 0.15) is 5.82 Å². The normalized spacial score (nSPS) is 19.7. The number of nitrogens with one attached hydrogen (secondary N) is 1. The van der Waals surface area contributed by atoms with Crippen molar-refractivity contribution < 1.29 is 4.74 Å². The van der Waals surface area contributed by atoms with Crippen LogP contribution in [0.3, 0.4) is 0 Å². The third-order valence-corrected chi connectivity index (χ3v) is 3.47. The fraction of sp³-hybridized carbons (Fsp3) is 0.714. The lowest BCUT2D eigenvalue weighted by atomic mass is 9.99. The van der Waals surface area contributed by atoms with Crippen LogP contribution >= 0.6 is 0 Å². The molecular weight excluding hydrogens is 240 g/mol. The first kappa shape index (κ1) is 14.2. The Hall–Kier alpha value is -1.20. The van der Waals surface area contributed by atoms with E-state index in [9.17, 15) is 0 Å². The van der Waals surface area contributed by atoms with E-state index in [4.69, 9.17) is 4.74 Å². The van der Waals surface area contributed by atoms with Crippen molar-refractivity contribution in [3.05, 3.63) is 18.1 Å². The first-order valence-corrected chi connectivity index (χ1v) is 7.09. The van der Waals surface area contributed by atoms with E-state index >= 15 is 0 Å². The maximum Gasteiger partial charge on any atom is 0.147 e. The lowest BCUT2D eigenvalue weighted by Gasteiger charge is -2.33. The number of anilines is 1. The molecule has 1 fully saturated rings. The highest BCUT2D eigenvalue weighted by Gasteiger charge is 2.21. The van der Waals surface area contributed by atoms with Crippen LogP contribution in [0.25, 0.3) is 0 Å². The van der Waals surface area contributed by atoms with Crippen LogP contribution in [0.2, 0.25) is 0 Å². The highest BCUT2D eigenvalue weighted by atomic mass is 16.5. The van der Waals surface area contributed by atoms with Crippen LogP contribution < -0.4 is 10.2 Å². The Morgan fingerprint density at radius 1 is 1.47 bits per heavy atom. The van der Waals surface area contributed by atoms with Crippen LogP contribution in [0.5, 0.6) is 0 Å². The number of hydrogen-bond acceptors (Lipinski definition) is 5. The number of methoxy groups -OCH3 is 1. The fourth-order valence-corrected chi connectivity index (χ4v) is 2.53. The molecule has 0 saturated carbocycles. The molecule has 1 N–H and O–H groups in total. The van der Waals surface area contributed by atoms with Crippen molar-refractivity contribution in [2.75, 3.05) is 38.3 Å². The molecule has 2 heterocycles. The van der Waals surface area contributed by atoms with E-state index in [2.05, 4.69) is 27.1 Å². The first-order valence-electron chi connectivity index (χ1n) is 7.09. The van der Waals surface area contributed by atoms with Gasteiger partial charge in [0, 0.05) is 32.9 Å². The number of rotatable bonds is 6. The van der Waals surface area contributed by atoms with Crippen molar-refractivity contribution in [3.8, 4) is 0 Å². The third kappa shape index (κ3) is 4.14. The van der Waals surface area contributed by atoms with E-state index in [1.54, 1.807) is 7.11 Å². The Balaban J connectivity index is 1.99. The van der Waals surface area contributed by atoms with Gasteiger partial charge >= 0.3 is 0 Å². The lowest BCUT2D eigenvalue weighted by Crippen LogP contribution is -2.37. The molecule has 0 aromatic carbocycles. The van der Waals surface area contributed by atoms with Crippen LogP contribution in [-0.4, -0.2) is 43.3 Å². The first-order chi connectivity index (χ1) is 9.33. The minimum atomic E-state index is 0.609. The molecule has 1 aromatic rings. The summed E-state index contributed by atoms with van der Waals surface area (Å²) in [4.78, 5) is 11.3. The topological polar surface area (TPSA) is 50.3 Å². The van der Waals surface area contributed by atoms with E-state index in [0.717, 1.165) is 44.3 Å². The largest absolute Gasteiger partial charge is 0.384 e. The van der Waals surface area contributed by atoms with Gasteiger partial charge in [-0.3, -0.25) is 4.98 Å². The molecule has 19 heavy (non-hydrogen) atoms. The Morgan fingerprint density at radius 2 is 2.37 bits per heavy atom. The van der Waals surface area contributed by atoms with Crippen molar-refractivity contribution in [1.29, 1.82) is 0 Å². The van der Waals surface area contributed by atoms with Crippen LogP contribution in [0.1, 0.15) is 25.5 Å². The standard InChI is InChI=1S/C14H24N4O/c1-3-15-7-13-8-16-9-14(17-13)18-6-4-5-12(10-18)11-19-2/h8-9,12,15H,3-7,10-11H2,1-2H3. The SMILES string of the molecule is CCNCc1cncc(N2CCCC(COC)C2)n1. The van der Waals surface area contributed by atoms with Crippen molar-refractivity contribution in [3.63, 3.8) is 0 Å². The fourth-order valence-electron chi connectivity index (χ4n) is 2.53. The van der Waals surface area contributed by atoms with E-state index < -0.39 is 0 Å². The molecule has 0 amide bonds. The average Bonchev–Trinajstić information content (AvgIpc) is 2.46. The van der Waals surface area contributed by atoms with E-state index in [1.165, 1.54) is 12.8 Å². The Bertz CT molecular complexity index is 383. The van der Waals surface area contributed by atoms with Gasteiger partial charge < -0.3 is 15.0 Å². The molecule has 0 bridgehead atoms. The summed E-state index contributed by atoms with van der Waals surface area (Å²) in [5, 5.41) is 3.28. The summed E-state index contributed by atoms with van der Waals surface area (Å²) in [5.74, 6) is 1.61. The van der Waals surface area contributed by atoms with Gasteiger partial charge in [0.15, 0.2) is 0 Å². The van der Waals surface area contributed by atoms with Crippen LogP contribution in [0.15, 0.2) is 12.4 Å². The highest BCUT2D eigenvalue weighted by Crippen LogP contribution is 2.21. The van der Waals surface area contributed by atoms with Crippen LogP contribution in [0, 0.1) is 5.92 Å². The summed E-state index contributed by atoms with van der Waals surface area (Å²) in [6, 6.07) is 0. The molecule has 1 saturated heterocycles. The van der Waals surface area contributed by atoms with Crippen molar-refractivity contribution >= 4 is 5.82 Å². The monoisotopic (exact) mass is 264 g/mol. The molecule has 1 atom stereocenters. The predicted molar refractivity (Wildman–Crippen MR) is 76.2 cm³/mol. The summed E-state index contributed by atoms with van der Waals surface area (Å²) in [6.45, 7) is 6.75. The Kier molecular flexibility index (Phi) is 5.54. The minimum absolute atomic E-state index is 0.609. The molecule has 0 aliphatic carbocycles. The zero-order valence-electron chi connectivity index (χ0n) is 11.9. The van der Waals surface area contributed by atoms with E-state index in [0.29, 0.717) is 5.92 Å². The highest BCUT2D eigenvalue weighted by molar-refractivity contribution is 5.37. The third-order valence-electron chi connectivity index (χ3n) is 3.47. The number of hydrogen-bond donors (Lipinski definition) is 1. The molecule has 1 aliphatic rings.